The fraction of sp³-hybridized carbons (Fsp3) is 0. The molecule has 0 saturated heterocycles. The second kappa shape index (κ2) is 9.54. The minimum Gasteiger partial charge on any atom is -0.506 e. The van der Waals surface area contributed by atoms with Crippen molar-refractivity contribution in [3.05, 3.63) is 107 Å². The number of nitrogens with one attached hydrogen (secondary N) is 2. The molecule has 0 fully saturated rings. The first-order chi connectivity index (χ1) is 16.2. The minimum absolute atomic E-state index is 0.140. The highest BCUT2D eigenvalue weighted by atomic mass is 35.5. The summed E-state index contributed by atoms with van der Waals surface area (Å²) in [5.74, 6) is -1.34. The smallest absolute Gasteiger partial charge is 0.262 e. The van der Waals surface area contributed by atoms with Gasteiger partial charge in [0.05, 0.1) is 10.6 Å². The second-order valence-electron chi connectivity index (χ2n) is 7.33. The molecule has 0 bridgehead atoms. The maximum absolute atomic E-state index is 13.1. The van der Waals surface area contributed by atoms with Crippen LogP contribution < -0.4 is 10.0 Å². The lowest BCUT2D eigenvalue weighted by molar-refractivity contribution is 0.102. The number of amides is 1. The number of benzene rings is 4. The Balaban J connectivity index is 1.50. The number of rotatable bonds is 6. The molecule has 0 heterocycles. The molecule has 0 aliphatic carbocycles. The summed E-state index contributed by atoms with van der Waals surface area (Å²) in [6.45, 7) is 0. The third kappa shape index (κ3) is 5.36. The Hall–Kier alpha value is -3.88. The van der Waals surface area contributed by atoms with Gasteiger partial charge in [-0.05, 0) is 77.9 Å². The van der Waals surface area contributed by atoms with E-state index in [0.717, 1.165) is 35.4 Å². The molecule has 1 amide bonds. The van der Waals surface area contributed by atoms with Crippen LogP contribution in [0.25, 0.3) is 11.1 Å². The van der Waals surface area contributed by atoms with Crippen LogP contribution >= 0.6 is 11.6 Å². The molecule has 4 rings (SSSR count). The number of carbonyl (C=O) groups excluding carboxylic acids is 1. The van der Waals surface area contributed by atoms with E-state index in [0.29, 0.717) is 10.6 Å². The lowest BCUT2D eigenvalue weighted by atomic mass is 10.0. The quantitative estimate of drug-likeness (QED) is 0.228. The summed E-state index contributed by atoms with van der Waals surface area (Å²) in [5.41, 5.74) is 2.31. The Labute approximate surface area is 200 Å². The van der Waals surface area contributed by atoms with E-state index >= 15 is 0 Å². The van der Waals surface area contributed by atoms with Gasteiger partial charge in [-0.15, -0.1) is 0 Å². The molecule has 9 heteroatoms. The van der Waals surface area contributed by atoms with E-state index in [1.54, 1.807) is 30.3 Å². The summed E-state index contributed by atoms with van der Waals surface area (Å²) in [6.07, 6.45) is 0. The van der Waals surface area contributed by atoms with Gasteiger partial charge in [0.2, 0.25) is 0 Å². The zero-order valence-corrected chi connectivity index (χ0v) is 19.1. The maximum atomic E-state index is 13.1. The number of sulfonamides is 1. The van der Waals surface area contributed by atoms with Gasteiger partial charge in [0.25, 0.3) is 15.9 Å². The molecule has 4 aromatic rings. The van der Waals surface area contributed by atoms with Crippen molar-refractivity contribution in [2.45, 2.75) is 4.90 Å². The number of hydrogen-bond donors (Lipinski definition) is 3. The maximum Gasteiger partial charge on any atom is 0.262 e. The molecule has 0 saturated carbocycles. The Morgan fingerprint density at radius 1 is 0.853 bits per heavy atom. The third-order valence-corrected chi connectivity index (χ3v) is 6.54. The van der Waals surface area contributed by atoms with Crippen molar-refractivity contribution in [2.75, 3.05) is 10.0 Å². The van der Waals surface area contributed by atoms with Crippen LogP contribution in [0.5, 0.6) is 5.75 Å². The van der Waals surface area contributed by atoms with Crippen LogP contribution in [-0.2, 0) is 10.0 Å². The van der Waals surface area contributed by atoms with Crippen molar-refractivity contribution in [1.29, 1.82) is 0 Å². The van der Waals surface area contributed by atoms with E-state index in [4.69, 9.17) is 11.6 Å². The lowest BCUT2D eigenvalue weighted by Crippen LogP contribution is -2.14. The number of aromatic hydroxyl groups is 1. The first-order valence-electron chi connectivity index (χ1n) is 10.00. The van der Waals surface area contributed by atoms with Gasteiger partial charge >= 0.3 is 0 Å². The van der Waals surface area contributed by atoms with Gasteiger partial charge in [0.1, 0.15) is 11.6 Å². The SMILES string of the molecule is O=C(Nc1ccc(O)c(NS(=O)(=O)c2ccc(F)cc2)c1)c1ccc(-c2cccc(Cl)c2)cc1. The lowest BCUT2D eigenvalue weighted by Gasteiger charge is -2.12. The molecule has 0 spiro atoms. The fourth-order valence-corrected chi connectivity index (χ4v) is 4.45. The fourth-order valence-electron chi connectivity index (χ4n) is 3.20. The van der Waals surface area contributed by atoms with Gasteiger partial charge in [0.15, 0.2) is 0 Å². The van der Waals surface area contributed by atoms with Crippen LogP contribution in [0.1, 0.15) is 10.4 Å². The van der Waals surface area contributed by atoms with Crippen molar-refractivity contribution >= 4 is 38.9 Å². The van der Waals surface area contributed by atoms with E-state index in [-0.39, 0.29) is 22.0 Å². The number of anilines is 2. The minimum atomic E-state index is -4.08. The van der Waals surface area contributed by atoms with Crippen molar-refractivity contribution in [3.63, 3.8) is 0 Å². The summed E-state index contributed by atoms with van der Waals surface area (Å²) < 4.78 is 40.4. The molecule has 172 valence electrons. The van der Waals surface area contributed by atoms with Crippen LogP contribution in [-0.4, -0.2) is 19.4 Å². The molecule has 4 aromatic carbocycles. The molecule has 0 aromatic heterocycles. The number of halogens is 2. The Bertz CT molecular complexity index is 1460. The molecule has 0 atom stereocenters. The Morgan fingerprint density at radius 2 is 1.56 bits per heavy atom. The van der Waals surface area contributed by atoms with Crippen LogP contribution in [0.4, 0.5) is 15.8 Å². The van der Waals surface area contributed by atoms with Crippen LogP contribution in [0.3, 0.4) is 0 Å². The molecule has 34 heavy (non-hydrogen) atoms. The predicted octanol–water partition coefficient (Wildman–Crippen LogP) is 5.90. The van der Waals surface area contributed by atoms with Crippen LogP contribution in [0, 0.1) is 5.82 Å². The first kappa shape index (κ1) is 23.3. The largest absolute Gasteiger partial charge is 0.506 e. The van der Waals surface area contributed by atoms with Gasteiger partial charge < -0.3 is 10.4 Å². The Morgan fingerprint density at radius 3 is 2.24 bits per heavy atom. The summed E-state index contributed by atoms with van der Waals surface area (Å²) >= 11 is 6.03. The van der Waals surface area contributed by atoms with Crippen molar-refractivity contribution in [3.8, 4) is 16.9 Å². The highest BCUT2D eigenvalue weighted by Crippen LogP contribution is 2.29. The highest BCUT2D eigenvalue weighted by molar-refractivity contribution is 7.92. The number of phenols is 1. The van der Waals surface area contributed by atoms with E-state index in [1.807, 2.05) is 18.2 Å². The first-order valence-corrected chi connectivity index (χ1v) is 11.9. The molecule has 0 aliphatic rings. The summed E-state index contributed by atoms with van der Waals surface area (Å²) in [5, 5.41) is 13.4. The van der Waals surface area contributed by atoms with Crippen molar-refractivity contribution in [2.24, 2.45) is 0 Å². The zero-order valence-electron chi connectivity index (χ0n) is 17.5. The van der Waals surface area contributed by atoms with Gasteiger partial charge in [-0.2, -0.15) is 0 Å². The number of phenolic OH excluding ortho intramolecular Hbond substituents is 1. The summed E-state index contributed by atoms with van der Waals surface area (Å²) in [6, 6.07) is 22.5. The molecule has 6 nitrogen and oxygen atoms in total. The molecule has 0 aliphatic heterocycles. The highest BCUT2D eigenvalue weighted by Gasteiger charge is 2.17. The average molecular weight is 497 g/mol. The zero-order chi connectivity index (χ0) is 24.3. The molecule has 0 unspecified atom stereocenters. The van der Waals surface area contributed by atoms with E-state index in [2.05, 4.69) is 10.0 Å². The average Bonchev–Trinajstić information content (AvgIpc) is 2.81. The topological polar surface area (TPSA) is 95.5 Å². The van der Waals surface area contributed by atoms with Gasteiger partial charge in [-0.3, -0.25) is 9.52 Å². The third-order valence-electron chi connectivity index (χ3n) is 4.93. The number of carbonyl (C=O) groups is 1. The van der Waals surface area contributed by atoms with E-state index in [9.17, 15) is 22.7 Å². The van der Waals surface area contributed by atoms with Crippen molar-refractivity contribution in [1.82, 2.24) is 0 Å². The summed E-state index contributed by atoms with van der Waals surface area (Å²) in [7, 11) is -4.08. The van der Waals surface area contributed by atoms with Gasteiger partial charge in [0, 0.05) is 16.3 Å². The predicted molar refractivity (Wildman–Crippen MR) is 130 cm³/mol. The van der Waals surface area contributed by atoms with Crippen LogP contribution in [0.2, 0.25) is 5.02 Å². The number of hydrogen-bond acceptors (Lipinski definition) is 4. The molecular formula is C25H18ClFN2O4S. The standard InChI is InChI=1S/C25H18ClFN2O4S/c26-19-3-1-2-18(14-19)16-4-6-17(7-5-16)25(31)28-21-10-13-24(30)23(15-21)29-34(32,33)22-11-8-20(27)9-12-22/h1-15,29-30H,(H,28,31). The van der Waals surface area contributed by atoms with Crippen molar-refractivity contribution < 1.29 is 22.7 Å². The van der Waals surface area contributed by atoms with Gasteiger partial charge in [-0.1, -0.05) is 35.9 Å². The second-order valence-corrected chi connectivity index (χ2v) is 9.45. The van der Waals surface area contributed by atoms with Gasteiger partial charge in [-0.25, -0.2) is 12.8 Å². The summed E-state index contributed by atoms with van der Waals surface area (Å²) in [4.78, 5) is 12.5. The van der Waals surface area contributed by atoms with E-state index < -0.39 is 21.7 Å². The molecule has 3 N–H and O–H groups in total. The van der Waals surface area contributed by atoms with E-state index in [1.165, 1.54) is 18.2 Å². The van der Waals surface area contributed by atoms with Crippen LogP contribution in [0.15, 0.2) is 95.9 Å². The normalized spacial score (nSPS) is 11.1. The molecular weight excluding hydrogens is 479 g/mol. The Kier molecular flexibility index (Phi) is 6.54. The monoisotopic (exact) mass is 496 g/mol. The molecule has 0 radical (unpaired) electrons.